The third kappa shape index (κ3) is 2.91. The van der Waals surface area contributed by atoms with E-state index in [0.717, 1.165) is 10.5 Å². The highest BCUT2D eigenvalue weighted by molar-refractivity contribution is 7.92. The topological polar surface area (TPSA) is 103 Å². The molecule has 0 aliphatic rings. The van der Waals surface area contributed by atoms with Crippen LogP contribution < -0.4 is 4.31 Å². The largest absolute Gasteiger partial charge is 0.480 e. The van der Waals surface area contributed by atoms with E-state index in [0.29, 0.717) is 5.02 Å². The summed E-state index contributed by atoms with van der Waals surface area (Å²) in [7, 11) is -4.05. The maximum Gasteiger partial charge on any atom is 0.324 e. The molecule has 2 aromatic rings. The van der Waals surface area contributed by atoms with Gasteiger partial charge < -0.3 is 10.1 Å². The molecule has 0 saturated heterocycles. The van der Waals surface area contributed by atoms with E-state index in [1.807, 2.05) is 0 Å². The molecule has 0 saturated carbocycles. The second-order valence-corrected chi connectivity index (χ2v) is 6.07. The first-order valence-corrected chi connectivity index (χ1v) is 7.21. The third-order valence-electron chi connectivity index (χ3n) is 2.42. The number of carboxylic acids is 1. The van der Waals surface area contributed by atoms with Gasteiger partial charge >= 0.3 is 5.97 Å². The van der Waals surface area contributed by atoms with E-state index in [1.54, 1.807) is 6.07 Å². The number of sulfonamides is 1. The summed E-state index contributed by atoms with van der Waals surface area (Å²) in [5, 5.41) is 9.02. The Morgan fingerprint density at radius 1 is 1.45 bits per heavy atom. The molecule has 2 rings (SSSR count). The molecule has 0 bridgehead atoms. The minimum absolute atomic E-state index is 0.162. The number of carbonyl (C=O) groups is 1. The van der Waals surface area contributed by atoms with E-state index in [1.165, 1.54) is 24.5 Å². The first kappa shape index (κ1) is 14.4. The predicted octanol–water partition coefficient (Wildman–Crippen LogP) is 1.34. The number of aliphatic carboxylic acids is 1. The molecule has 0 amide bonds. The summed E-state index contributed by atoms with van der Waals surface area (Å²) in [6, 6.07) is 5.93. The van der Waals surface area contributed by atoms with Gasteiger partial charge in [-0.2, -0.15) is 8.42 Å². The van der Waals surface area contributed by atoms with Crippen LogP contribution in [0.1, 0.15) is 0 Å². The van der Waals surface area contributed by atoms with Crippen LogP contribution in [0.4, 0.5) is 5.69 Å². The van der Waals surface area contributed by atoms with Crippen molar-refractivity contribution in [2.45, 2.75) is 5.03 Å². The molecule has 106 valence electrons. The van der Waals surface area contributed by atoms with Crippen molar-refractivity contribution >= 4 is 33.3 Å². The van der Waals surface area contributed by atoms with E-state index in [9.17, 15) is 13.2 Å². The van der Waals surface area contributed by atoms with E-state index >= 15 is 0 Å². The fourth-order valence-electron chi connectivity index (χ4n) is 1.57. The normalized spacial score (nSPS) is 11.2. The highest BCUT2D eigenvalue weighted by atomic mass is 35.5. The number of hydrogen-bond acceptors (Lipinski definition) is 4. The summed E-state index contributed by atoms with van der Waals surface area (Å²) < 4.78 is 25.5. The number of anilines is 1. The molecule has 20 heavy (non-hydrogen) atoms. The highest BCUT2D eigenvalue weighted by Crippen LogP contribution is 2.24. The second-order valence-electron chi connectivity index (χ2n) is 3.80. The van der Waals surface area contributed by atoms with Crippen LogP contribution in [0.5, 0.6) is 0 Å². The zero-order valence-electron chi connectivity index (χ0n) is 10.0. The number of imidazole rings is 1. The van der Waals surface area contributed by atoms with Crippen molar-refractivity contribution in [3.05, 3.63) is 41.8 Å². The van der Waals surface area contributed by atoms with Crippen LogP contribution in [0.3, 0.4) is 0 Å². The maximum absolute atomic E-state index is 12.4. The lowest BCUT2D eigenvalue weighted by atomic mass is 10.3. The van der Waals surface area contributed by atoms with Gasteiger partial charge in [-0.1, -0.05) is 17.7 Å². The molecule has 7 nitrogen and oxygen atoms in total. The molecule has 0 aliphatic carbocycles. The van der Waals surface area contributed by atoms with E-state index < -0.39 is 22.5 Å². The molecular formula is C11H10ClN3O4S. The lowest BCUT2D eigenvalue weighted by molar-refractivity contribution is -0.135. The molecule has 0 spiro atoms. The summed E-state index contributed by atoms with van der Waals surface area (Å²) in [4.78, 5) is 17.0. The van der Waals surface area contributed by atoms with E-state index in [4.69, 9.17) is 16.7 Å². The number of nitrogens with one attached hydrogen (secondary N) is 1. The minimum Gasteiger partial charge on any atom is -0.480 e. The quantitative estimate of drug-likeness (QED) is 0.866. The summed E-state index contributed by atoms with van der Waals surface area (Å²) in [5.74, 6) is -1.28. The van der Waals surface area contributed by atoms with Crippen molar-refractivity contribution in [2.75, 3.05) is 10.8 Å². The Bertz CT molecular complexity index is 715. The molecule has 0 aliphatic heterocycles. The lowest BCUT2D eigenvalue weighted by Crippen LogP contribution is -2.35. The number of nitrogens with zero attached hydrogens (tertiary/aromatic N) is 2. The van der Waals surface area contributed by atoms with Gasteiger partial charge in [-0.3, -0.25) is 9.10 Å². The van der Waals surface area contributed by atoms with Crippen LogP contribution in [0, 0.1) is 0 Å². The van der Waals surface area contributed by atoms with Gasteiger partial charge in [0.15, 0.2) is 5.03 Å². The molecule has 1 aromatic heterocycles. The van der Waals surface area contributed by atoms with Crippen LogP contribution in [0.25, 0.3) is 0 Å². The van der Waals surface area contributed by atoms with Crippen molar-refractivity contribution in [1.82, 2.24) is 9.97 Å². The number of aromatic nitrogens is 2. The van der Waals surface area contributed by atoms with E-state index in [2.05, 4.69) is 9.97 Å². The van der Waals surface area contributed by atoms with Gasteiger partial charge in [0.05, 0.1) is 18.2 Å². The maximum atomic E-state index is 12.4. The second kappa shape index (κ2) is 5.51. The Labute approximate surface area is 119 Å². The van der Waals surface area contributed by atoms with Gasteiger partial charge in [-0.25, -0.2) is 4.98 Å². The van der Waals surface area contributed by atoms with Crippen molar-refractivity contribution in [3.63, 3.8) is 0 Å². The molecular weight excluding hydrogens is 306 g/mol. The Morgan fingerprint density at radius 3 is 2.75 bits per heavy atom. The third-order valence-corrected chi connectivity index (χ3v) is 4.35. The van der Waals surface area contributed by atoms with Gasteiger partial charge in [0.1, 0.15) is 6.54 Å². The SMILES string of the molecule is O=C(O)CN(c1cccc(Cl)c1)S(=O)(=O)c1cnc[nH]1. The molecule has 1 aromatic carbocycles. The molecule has 9 heteroatoms. The molecule has 2 N–H and O–H groups in total. The van der Waals surface area contributed by atoms with Crippen LogP contribution in [0.2, 0.25) is 5.02 Å². The number of hydrogen-bond donors (Lipinski definition) is 2. The fourth-order valence-corrected chi connectivity index (χ4v) is 3.06. The number of carboxylic acid groups (broad SMARTS) is 1. The zero-order chi connectivity index (χ0) is 14.8. The summed E-state index contributed by atoms with van der Waals surface area (Å²) >= 11 is 5.81. The van der Waals surface area contributed by atoms with Gasteiger partial charge in [0, 0.05) is 5.02 Å². The summed E-state index contributed by atoms with van der Waals surface area (Å²) in [6.45, 7) is -0.721. The average molecular weight is 316 g/mol. The first-order chi connectivity index (χ1) is 9.41. The molecule has 0 radical (unpaired) electrons. The summed E-state index contributed by atoms with van der Waals surface area (Å²) in [6.07, 6.45) is 2.30. The van der Waals surface area contributed by atoms with Crippen molar-refractivity contribution in [2.24, 2.45) is 0 Å². The van der Waals surface area contributed by atoms with Crippen molar-refractivity contribution in [3.8, 4) is 0 Å². The molecule has 1 heterocycles. The van der Waals surface area contributed by atoms with Gasteiger partial charge in [0.2, 0.25) is 0 Å². The number of H-pyrrole nitrogens is 1. The van der Waals surface area contributed by atoms with Crippen molar-refractivity contribution < 1.29 is 18.3 Å². The Balaban J connectivity index is 2.51. The summed E-state index contributed by atoms with van der Waals surface area (Å²) in [5.41, 5.74) is 0.162. The van der Waals surface area contributed by atoms with Gasteiger partial charge in [-0.15, -0.1) is 0 Å². The smallest absolute Gasteiger partial charge is 0.324 e. The lowest BCUT2D eigenvalue weighted by Gasteiger charge is -2.21. The molecule has 0 unspecified atom stereocenters. The predicted molar refractivity (Wildman–Crippen MR) is 72.2 cm³/mol. The Hall–Kier alpha value is -2.06. The minimum atomic E-state index is -4.05. The Kier molecular flexibility index (Phi) is 3.96. The molecule has 0 atom stereocenters. The average Bonchev–Trinajstić information content (AvgIpc) is 2.90. The standard InChI is InChI=1S/C11H10ClN3O4S/c12-8-2-1-3-9(4-8)15(6-11(16)17)20(18,19)10-5-13-7-14-10/h1-5,7H,6H2,(H,13,14)(H,16,17). The number of rotatable bonds is 5. The monoisotopic (exact) mass is 315 g/mol. The first-order valence-electron chi connectivity index (χ1n) is 5.40. The van der Waals surface area contributed by atoms with Crippen LogP contribution in [0.15, 0.2) is 41.8 Å². The molecule has 0 fully saturated rings. The number of halogens is 1. The van der Waals surface area contributed by atoms with Crippen LogP contribution in [-0.4, -0.2) is 36.0 Å². The van der Waals surface area contributed by atoms with E-state index in [-0.39, 0.29) is 10.7 Å². The Morgan fingerprint density at radius 2 is 2.20 bits per heavy atom. The van der Waals surface area contributed by atoms with Crippen LogP contribution in [-0.2, 0) is 14.8 Å². The van der Waals surface area contributed by atoms with Gasteiger partial charge in [-0.05, 0) is 18.2 Å². The van der Waals surface area contributed by atoms with Gasteiger partial charge in [0.25, 0.3) is 10.0 Å². The van der Waals surface area contributed by atoms with Crippen molar-refractivity contribution in [1.29, 1.82) is 0 Å². The zero-order valence-corrected chi connectivity index (χ0v) is 11.6. The number of aromatic amines is 1. The number of benzene rings is 1. The highest BCUT2D eigenvalue weighted by Gasteiger charge is 2.28. The fraction of sp³-hybridized carbons (Fsp3) is 0.0909. The van der Waals surface area contributed by atoms with Crippen LogP contribution >= 0.6 is 11.6 Å².